The molecule has 0 bridgehead atoms. The predicted octanol–water partition coefficient (Wildman–Crippen LogP) is 2.16. The number of hydrogen-bond donors (Lipinski definition) is 3. The van der Waals surface area contributed by atoms with Crippen LogP contribution in [-0.4, -0.2) is 46.1 Å². The summed E-state index contributed by atoms with van der Waals surface area (Å²) in [6.45, 7) is 2.53. The van der Waals surface area contributed by atoms with Crippen LogP contribution in [0.25, 0.3) is 11.0 Å². The molecule has 1 saturated heterocycles. The fraction of sp³-hybridized carbons (Fsp3) is 0.348. The number of halogens is 1. The van der Waals surface area contributed by atoms with E-state index in [1.807, 2.05) is 48.0 Å². The second-order valence-electron chi connectivity index (χ2n) is 8.00. The van der Waals surface area contributed by atoms with E-state index >= 15 is 0 Å². The lowest BCUT2D eigenvalue weighted by Gasteiger charge is -2.17. The average molecular weight is 456 g/mol. The number of carbonyl (C=O) groups is 2. The van der Waals surface area contributed by atoms with Crippen LogP contribution >= 0.6 is 11.6 Å². The summed E-state index contributed by atoms with van der Waals surface area (Å²) in [5, 5.41) is 10.2. The number of ether oxygens (including phenoxy) is 1. The summed E-state index contributed by atoms with van der Waals surface area (Å²) in [4.78, 5) is 29.5. The Morgan fingerprint density at radius 2 is 2.12 bits per heavy atom. The highest BCUT2D eigenvalue weighted by Crippen LogP contribution is 2.24. The number of aryl methyl sites for hydroxylation is 1. The van der Waals surface area contributed by atoms with Gasteiger partial charge in [-0.05, 0) is 30.7 Å². The van der Waals surface area contributed by atoms with Crippen molar-refractivity contribution in [3.8, 4) is 5.75 Å². The van der Waals surface area contributed by atoms with Crippen LogP contribution in [0.1, 0.15) is 18.9 Å². The van der Waals surface area contributed by atoms with E-state index in [0.29, 0.717) is 24.5 Å². The van der Waals surface area contributed by atoms with Gasteiger partial charge in [-0.25, -0.2) is 4.98 Å². The normalized spacial score (nSPS) is 19.0. The third-order valence-electron chi connectivity index (χ3n) is 5.49. The van der Waals surface area contributed by atoms with Crippen LogP contribution in [0.2, 0.25) is 5.02 Å². The van der Waals surface area contributed by atoms with Crippen molar-refractivity contribution >= 4 is 34.4 Å². The van der Waals surface area contributed by atoms with Gasteiger partial charge in [0, 0.05) is 44.3 Å². The van der Waals surface area contributed by atoms with Crippen LogP contribution in [0.15, 0.2) is 48.8 Å². The van der Waals surface area contributed by atoms with Gasteiger partial charge in [0.1, 0.15) is 23.5 Å². The van der Waals surface area contributed by atoms with E-state index in [1.165, 1.54) is 0 Å². The number of pyridine rings is 1. The van der Waals surface area contributed by atoms with Crippen molar-refractivity contribution in [1.29, 1.82) is 0 Å². The van der Waals surface area contributed by atoms with Crippen molar-refractivity contribution in [2.75, 3.05) is 6.54 Å². The number of fused-ring (bicyclic) bond motifs is 1. The number of para-hydroxylation sites is 1. The molecule has 1 aliphatic heterocycles. The Hall–Kier alpha value is -3.10. The molecule has 0 saturated carbocycles. The maximum Gasteiger partial charge on any atom is 0.242 e. The first-order valence-corrected chi connectivity index (χ1v) is 10.9. The van der Waals surface area contributed by atoms with Gasteiger partial charge in [-0.1, -0.05) is 29.8 Å². The molecule has 0 radical (unpaired) electrons. The Bertz CT molecular complexity index is 1120. The van der Waals surface area contributed by atoms with Crippen LogP contribution in [0.4, 0.5) is 0 Å². The van der Waals surface area contributed by atoms with E-state index in [2.05, 4.69) is 20.9 Å². The van der Waals surface area contributed by atoms with E-state index in [4.69, 9.17) is 16.3 Å². The van der Waals surface area contributed by atoms with Gasteiger partial charge in [-0.15, -0.1) is 0 Å². The zero-order valence-corrected chi connectivity index (χ0v) is 18.7. The van der Waals surface area contributed by atoms with Gasteiger partial charge in [0.25, 0.3) is 0 Å². The van der Waals surface area contributed by atoms with Crippen molar-refractivity contribution in [1.82, 2.24) is 25.5 Å². The third-order valence-corrected chi connectivity index (χ3v) is 5.79. The third kappa shape index (κ3) is 5.03. The second-order valence-corrected chi connectivity index (χ2v) is 8.41. The summed E-state index contributed by atoms with van der Waals surface area (Å²) in [5.74, 6) is 0.288. The topological polar surface area (TPSA) is 97.3 Å². The number of rotatable bonds is 7. The summed E-state index contributed by atoms with van der Waals surface area (Å²) in [6, 6.07) is 10.4. The minimum Gasteiger partial charge on any atom is -0.489 e. The van der Waals surface area contributed by atoms with E-state index in [-0.39, 0.29) is 17.9 Å². The van der Waals surface area contributed by atoms with Crippen molar-refractivity contribution in [3.05, 3.63) is 59.4 Å². The first-order chi connectivity index (χ1) is 15.4. The van der Waals surface area contributed by atoms with E-state index in [0.717, 1.165) is 22.3 Å². The highest BCUT2D eigenvalue weighted by atomic mass is 35.5. The zero-order valence-electron chi connectivity index (χ0n) is 18.0. The summed E-state index contributed by atoms with van der Waals surface area (Å²) in [6.07, 6.45) is 3.95. The quantitative estimate of drug-likeness (QED) is 0.507. The number of carbonyl (C=O) groups excluding carboxylic acids is 2. The first kappa shape index (κ1) is 22.1. The molecule has 168 valence electrons. The van der Waals surface area contributed by atoms with Crippen molar-refractivity contribution in [2.45, 2.75) is 38.1 Å². The summed E-state index contributed by atoms with van der Waals surface area (Å²) in [7, 11) is 1.88. The molecule has 3 aromatic rings. The van der Waals surface area contributed by atoms with Crippen molar-refractivity contribution in [2.24, 2.45) is 7.05 Å². The Morgan fingerprint density at radius 3 is 2.91 bits per heavy atom. The number of nitrogens with one attached hydrogen (secondary N) is 3. The molecule has 0 unspecified atom stereocenters. The molecule has 1 aromatic carbocycles. The van der Waals surface area contributed by atoms with Crippen molar-refractivity contribution < 1.29 is 14.3 Å². The lowest BCUT2D eigenvalue weighted by atomic mass is 10.1. The molecule has 32 heavy (non-hydrogen) atoms. The monoisotopic (exact) mass is 455 g/mol. The van der Waals surface area contributed by atoms with E-state index < -0.39 is 12.1 Å². The molecule has 3 heterocycles. The maximum absolute atomic E-state index is 12.6. The SMILES string of the molecule is C[C@H](NC(=O)[C@H]1C[C@H](Oc2ccccc2)CN1)C(=O)NCc1cnc2c(c1)c(Cl)cn2C. The average Bonchev–Trinajstić information content (AvgIpc) is 3.37. The molecule has 8 nitrogen and oxygen atoms in total. The minimum absolute atomic E-state index is 0.0930. The Labute approximate surface area is 191 Å². The zero-order chi connectivity index (χ0) is 22.7. The molecule has 1 aliphatic rings. The van der Waals surface area contributed by atoms with Gasteiger partial charge < -0.3 is 25.3 Å². The van der Waals surface area contributed by atoms with Crippen LogP contribution < -0.4 is 20.7 Å². The van der Waals surface area contributed by atoms with Gasteiger partial charge in [0.05, 0.1) is 11.1 Å². The lowest BCUT2D eigenvalue weighted by Crippen LogP contribution is -2.49. The number of benzene rings is 1. The number of amides is 2. The van der Waals surface area contributed by atoms with E-state index in [9.17, 15) is 9.59 Å². The standard InChI is InChI=1S/C23H26ClN5O3/c1-14(22(30)27-11-15-8-18-19(24)13-29(2)21(18)26-10-15)28-23(31)20-9-17(12-25-20)32-16-6-4-3-5-7-16/h3-8,10,13-14,17,20,25H,9,11-12H2,1-2H3,(H,27,30)(H,28,31)/t14-,17-,20+/m0/s1. The van der Waals surface area contributed by atoms with Gasteiger partial charge in [-0.3, -0.25) is 9.59 Å². The highest BCUT2D eigenvalue weighted by molar-refractivity contribution is 6.35. The van der Waals surface area contributed by atoms with Gasteiger partial charge >= 0.3 is 0 Å². The molecule has 2 aromatic heterocycles. The molecule has 3 atom stereocenters. The predicted molar refractivity (Wildman–Crippen MR) is 122 cm³/mol. The molecule has 9 heteroatoms. The largest absolute Gasteiger partial charge is 0.489 e. The van der Waals surface area contributed by atoms with Crippen LogP contribution in [0.3, 0.4) is 0 Å². The number of nitrogens with zero attached hydrogens (tertiary/aromatic N) is 2. The van der Waals surface area contributed by atoms with Gasteiger partial charge in [-0.2, -0.15) is 0 Å². The van der Waals surface area contributed by atoms with E-state index in [1.54, 1.807) is 19.3 Å². The van der Waals surface area contributed by atoms with Crippen LogP contribution in [-0.2, 0) is 23.2 Å². The Kier molecular flexibility index (Phi) is 6.62. The fourth-order valence-corrected chi connectivity index (χ4v) is 4.05. The fourth-order valence-electron chi connectivity index (χ4n) is 3.76. The molecule has 1 fully saturated rings. The molecule has 0 spiro atoms. The first-order valence-electron chi connectivity index (χ1n) is 10.5. The minimum atomic E-state index is -0.671. The molecular weight excluding hydrogens is 430 g/mol. The lowest BCUT2D eigenvalue weighted by molar-refractivity contribution is -0.129. The molecule has 0 aliphatic carbocycles. The summed E-state index contributed by atoms with van der Waals surface area (Å²) in [5.41, 5.74) is 1.61. The highest BCUT2D eigenvalue weighted by Gasteiger charge is 2.32. The molecule has 3 N–H and O–H groups in total. The summed E-state index contributed by atoms with van der Waals surface area (Å²) < 4.78 is 7.75. The molecule has 4 rings (SSSR count). The van der Waals surface area contributed by atoms with Gasteiger partial charge in [0.2, 0.25) is 11.8 Å². The Balaban J connectivity index is 1.25. The van der Waals surface area contributed by atoms with Gasteiger partial charge in [0.15, 0.2) is 0 Å². The summed E-state index contributed by atoms with van der Waals surface area (Å²) >= 11 is 6.23. The smallest absolute Gasteiger partial charge is 0.242 e. The van der Waals surface area contributed by atoms with Crippen molar-refractivity contribution in [3.63, 3.8) is 0 Å². The second kappa shape index (κ2) is 9.58. The van der Waals surface area contributed by atoms with Crippen LogP contribution in [0.5, 0.6) is 5.75 Å². The molecular formula is C23H26ClN5O3. The number of hydrogen-bond acceptors (Lipinski definition) is 5. The van der Waals surface area contributed by atoms with Crippen LogP contribution in [0, 0.1) is 0 Å². The number of aromatic nitrogens is 2. The maximum atomic E-state index is 12.6. The molecule has 2 amide bonds. The Morgan fingerprint density at radius 1 is 1.34 bits per heavy atom.